The SMILES string of the molecule is CCN1CCN(c2ccc(Nc3cc(-c4cccc(-n5ccn6c(cc7ccccc76)c5=O)c4CO)cn(C)c3=O)nc2)CC1. The fraction of sp³-hybridized carbons (Fsp3) is 0.229. The van der Waals surface area contributed by atoms with Crippen LogP contribution in [0.25, 0.3) is 33.2 Å². The quantitative estimate of drug-likeness (QED) is 0.280. The van der Waals surface area contributed by atoms with Gasteiger partial charge in [0.05, 0.1) is 29.7 Å². The van der Waals surface area contributed by atoms with Gasteiger partial charge >= 0.3 is 0 Å². The fourth-order valence-corrected chi connectivity index (χ4v) is 6.31. The third kappa shape index (κ3) is 5.17. The maximum absolute atomic E-state index is 13.7. The van der Waals surface area contributed by atoms with Crippen molar-refractivity contribution in [3.8, 4) is 16.8 Å². The van der Waals surface area contributed by atoms with Gasteiger partial charge in [-0.15, -0.1) is 0 Å². The molecule has 0 bridgehead atoms. The van der Waals surface area contributed by atoms with Gasteiger partial charge in [0.1, 0.15) is 17.0 Å². The molecule has 2 aromatic carbocycles. The fourth-order valence-electron chi connectivity index (χ4n) is 6.31. The van der Waals surface area contributed by atoms with Crippen molar-refractivity contribution < 1.29 is 5.11 Å². The van der Waals surface area contributed by atoms with Crippen LogP contribution in [0.15, 0.2) is 101 Å². The van der Waals surface area contributed by atoms with Gasteiger partial charge < -0.3 is 29.2 Å². The zero-order chi connectivity index (χ0) is 31.1. The maximum Gasteiger partial charge on any atom is 0.279 e. The molecule has 0 aliphatic carbocycles. The first-order valence-electron chi connectivity index (χ1n) is 15.2. The molecule has 0 saturated carbocycles. The molecule has 2 N–H and O–H groups in total. The highest BCUT2D eigenvalue weighted by Gasteiger charge is 2.18. The molecule has 0 radical (unpaired) electrons. The van der Waals surface area contributed by atoms with Crippen LogP contribution in [0.5, 0.6) is 0 Å². The van der Waals surface area contributed by atoms with Crippen molar-refractivity contribution in [2.24, 2.45) is 7.05 Å². The van der Waals surface area contributed by atoms with Crippen molar-refractivity contribution in [2.45, 2.75) is 13.5 Å². The topological polar surface area (TPSA) is 100 Å². The summed E-state index contributed by atoms with van der Waals surface area (Å²) in [7, 11) is 1.70. The third-order valence-electron chi connectivity index (χ3n) is 8.81. The van der Waals surface area contributed by atoms with Crippen LogP contribution in [0.1, 0.15) is 12.5 Å². The number of hydrogen-bond acceptors (Lipinski definition) is 7. The Balaban J connectivity index is 1.22. The van der Waals surface area contributed by atoms with Crippen molar-refractivity contribution >= 4 is 33.6 Å². The smallest absolute Gasteiger partial charge is 0.279 e. The minimum atomic E-state index is -0.298. The lowest BCUT2D eigenvalue weighted by Gasteiger charge is -2.35. The van der Waals surface area contributed by atoms with E-state index in [2.05, 4.69) is 27.0 Å². The molecule has 0 spiro atoms. The Morgan fingerprint density at radius 1 is 0.889 bits per heavy atom. The number of nitrogens with one attached hydrogen (secondary N) is 1. The average Bonchev–Trinajstić information content (AvgIpc) is 3.47. The molecular weight excluding hydrogens is 566 g/mol. The van der Waals surface area contributed by atoms with E-state index in [0.29, 0.717) is 28.3 Å². The summed E-state index contributed by atoms with van der Waals surface area (Å²) in [6.07, 6.45) is 7.18. The van der Waals surface area contributed by atoms with E-state index in [1.165, 1.54) is 4.57 Å². The first-order chi connectivity index (χ1) is 21.9. The molecule has 228 valence electrons. The zero-order valence-electron chi connectivity index (χ0n) is 25.3. The van der Waals surface area contributed by atoms with Gasteiger partial charge in [0, 0.05) is 68.3 Å². The lowest BCUT2D eigenvalue weighted by molar-refractivity contribution is 0.271. The molecule has 1 aliphatic rings. The summed E-state index contributed by atoms with van der Waals surface area (Å²) in [5.41, 5.74) is 5.12. The minimum Gasteiger partial charge on any atom is -0.392 e. The summed E-state index contributed by atoms with van der Waals surface area (Å²) >= 11 is 0. The molecule has 0 unspecified atom stereocenters. The predicted molar refractivity (Wildman–Crippen MR) is 179 cm³/mol. The Hall–Kier alpha value is -5.19. The number of aromatic nitrogens is 4. The Bertz CT molecular complexity index is 2140. The second kappa shape index (κ2) is 11.7. The Kier molecular flexibility index (Phi) is 7.44. The summed E-state index contributed by atoms with van der Waals surface area (Å²) < 4.78 is 4.96. The predicted octanol–water partition coefficient (Wildman–Crippen LogP) is 4.38. The van der Waals surface area contributed by atoms with Crippen LogP contribution in [0.3, 0.4) is 0 Å². The number of aliphatic hydroxyl groups excluding tert-OH is 1. The molecule has 10 heteroatoms. The largest absolute Gasteiger partial charge is 0.392 e. The number of rotatable bonds is 7. The number of nitrogens with zero attached hydrogens (tertiary/aromatic N) is 6. The number of fused-ring (bicyclic) bond motifs is 3. The van der Waals surface area contributed by atoms with E-state index in [4.69, 9.17) is 0 Å². The number of para-hydroxylation sites is 1. The highest BCUT2D eigenvalue weighted by molar-refractivity contribution is 5.87. The molecule has 1 aliphatic heterocycles. The van der Waals surface area contributed by atoms with E-state index >= 15 is 0 Å². The van der Waals surface area contributed by atoms with Gasteiger partial charge in [0.15, 0.2) is 0 Å². The van der Waals surface area contributed by atoms with E-state index in [0.717, 1.165) is 60.4 Å². The van der Waals surface area contributed by atoms with Crippen molar-refractivity contribution in [3.05, 3.63) is 118 Å². The standard InChI is InChI=1S/C35H35N7O3/c1-3-39-13-15-40(16-14-39)26-11-12-33(36-21-26)37-29-19-25(22-38(2)34(29)44)27-8-6-10-31(28(27)23-43)42-18-17-41-30-9-5-4-7-24(30)20-32(41)35(42)45/h4-12,17-22,43H,3,13-16,23H2,1-2H3,(H,36,37). The van der Waals surface area contributed by atoms with Gasteiger partial charge in [-0.2, -0.15) is 0 Å². The maximum atomic E-state index is 13.7. The van der Waals surface area contributed by atoms with Gasteiger partial charge in [-0.05, 0) is 48.5 Å². The highest BCUT2D eigenvalue weighted by atomic mass is 16.3. The lowest BCUT2D eigenvalue weighted by atomic mass is 9.99. The van der Waals surface area contributed by atoms with Gasteiger partial charge in [0.2, 0.25) is 0 Å². The molecule has 7 rings (SSSR count). The zero-order valence-corrected chi connectivity index (χ0v) is 25.3. The minimum absolute atomic E-state index is 0.190. The van der Waals surface area contributed by atoms with Crippen molar-refractivity contribution in [2.75, 3.05) is 42.9 Å². The second-order valence-electron chi connectivity index (χ2n) is 11.4. The number of benzene rings is 2. The van der Waals surface area contributed by atoms with Crippen LogP contribution in [0.4, 0.5) is 17.2 Å². The van der Waals surface area contributed by atoms with Crippen LogP contribution >= 0.6 is 0 Å². The molecular formula is C35H35N7O3. The molecule has 6 aromatic rings. The van der Waals surface area contributed by atoms with Crippen LogP contribution in [0.2, 0.25) is 0 Å². The monoisotopic (exact) mass is 601 g/mol. The number of aryl methyl sites for hydroxylation is 1. The number of aliphatic hydroxyl groups is 1. The second-order valence-corrected chi connectivity index (χ2v) is 11.4. The van der Waals surface area contributed by atoms with Gasteiger partial charge in [0.25, 0.3) is 11.1 Å². The number of hydrogen-bond donors (Lipinski definition) is 2. The van der Waals surface area contributed by atoms with E-state index in [-0.39, 0.29) is 17.7 Å². The van der Waals surface area contributed by atoms with Crippen LogP contribution in [-0.2, 0) is 13.7 Å². The summed E-state index contributed by atoms with van der Waals surface area (Å²) in [6.45, 7) is 6.93. The summed E-state index contributed by atoms with van der Waals surface area (Å²) in [4.78, 5) is 36.3. The number of piperazine rings is 1. The molecule has 4 aromatic heterocycles. The molecule has 45 heavy (non-hydrogen) atoms. The number of likely N-dealkylation sites (N-methyl/N-ethyl adjacent to an activating group) is 1. The van der Waals surface area contributed by atoms with Crippen molar-refractivity contribution in [1.29, 1.82) is 0 Å². The van der Waals surface area contributed by atoms with E-state index in [1.54, 1.807) is 30.1 Å². The van der Waals surface area contributed by atoms with Crippen molar-refractivity contribution in [1.82, 2.24) is 23.4 Å². The molecule has 5 heterocycles. The van der Waals surface area contributed by atoms with Crippen LogP contribution in [-0.4, -0.2) is 61.2 Å². The number of anilines is 3. The van der Waals surface area contributed by atoms with Crippen LogP contribution in [0, 0.1) is 0 Å². The molecule has 1 fully saturated rings. The van der Waals surface area contributed by atoms with Gasteiger partial charge in [-0.1, -0.05) is 37.3 Å². The first kappa shape index (κ1) is 28.6. The Labute approximate surface area is 260 Å². The Morgan fingerprint density at radius 3 is 2.47 bits per heavy atom. The number of pyridine rings is 2. The van der Waals surface area contributed by atoms with Crippen LogP contribution < -0.4 is 21.3 Å². The lowest BCUT2D eigenvalue weighted by Crippen LogP contribution is -2.46. The third-order valence-corrected chi connectivity index (χ3v) is 8.81. The van der Waals surface area contributed by atoms with E-state index in [9.17, 15) is 14.7 Å². The molecule has 1 saturated heterocycles. The molecule has 0 amide bonds. The van der Waals surface area contributed by atoms with Gasteiger partial charge in [-0.3, -0.25) is 14.2 Å². The average molecular weight is 602 g/mol. The summed E-state index contributed by atoms with van der Waals surface area (Å²) in [6, 6.07) is 21.0. The highest BCUT2D eigenvalue weighted by Crippen LogP contribution is 2.30. The molecule has 10 nitrogen and oxygen atoms in total. The first-order valence-corrected chi connectivity index (χ1v) is 15.2. The Morgan fingerprint density at radius 2 is 1.71 bits per heavy atom. The molecule has 0 atom stereocenters. The van der Waals surface area contributed by atoms with Crippen molar-refractivity contribution in [3.63, 3.8) is 0 Å². The summed E-state index contributed by atoms with van der Waals surface area (Å²) in [5, 5.41) is 14.8. The van der Waals surface area contributed by atoms with E-state index in [1.807, 2.05) is 77.5 Å². The van der Waals surface area contributed by atoms with E-state index < -0.39 is 0 Å². The van der Waals surface area contributed by atoms with Gasteiger partial charge in [-0.25, -0.2) is 4.98 Å². The summed E-state index contributed by atoms with van der Waals surface area (Å²) in [5.74, 6) is 0.566. The normalized spacial score (nSPS) is 14.0.